The molecule has 0 aliphatic heterocycles. The Morgan fingerprint density at radius 1 is 0.686 bits per heavy atom. The van der Waals surface area contributed by atoms with Gasteiger partial charge < -0.3 is 20.9 Å². The summed E-state index contributed by atoms with van der Waals surface area (Å²) in [5.41, 5.74) is 9.86. The van der Waals surface area contributed by atoms with Crippen molar-refractivity contribution < 1.29 is 35.8 Å². The number of hydrogen-bond acceptors (Lipinski definition) is 4. The van der Waals surface area contributed by atoms with Crippen molar-refractivity contribution in [3.63, 3.8) is 0 Å². The zero-order valence-electron chi connectivity index (χ0n) is 18.1. The predicted molar refractivity (Wildman–Crippen MR) is 117 cm³/mol. The van der Waals surface area contributed by atoms with E-state index in [4.69, 9.17) is 20.9 Å². The molecule has 0 aromatic heterocycles. The van der Waals surface area contributed by atoms with Crippen LogP contribution in [0.3, 0.4) is 0 Å². The van der Waals surface area contributed by atoms with Gasteiger partial charge in [-0.3, -0.25) is 0 Å². The van der Waals surface area contributed by atoms with Gasteiger partial charge in [0.05, 0.1) is 0 Å². The van der Waals surface area contributed by atoms with E-state index < -0.39 is 46.7 Å². The molecule has 0 saturated heterocycles. The highest BCUT2D eigenvalue weighted by molar-refractivity contribution is 5.58. The molecule has 4 nitrogen and oxygen atoms in total. The first kappa shape index (κ1) is 23.2. The van der Waals surface area contributed by atoms with Crippen molar-refractivity contribution in [2.24, 2.45) is 0 Å². The van der Waals surface area contributed by atoms with Crippen LogP contribution in [0.25, 0.3) is 0 Å². The van der Waals surface area contributed by atoms with E-state index in [1.54, 1.807) is 18.2 Å². The van der Waals surface area contributed by atoms with Gasteiger partial charge in [-0.05, 0) is 60.4 Å². The number of ether oxygens (including phenoxy) is 2. The monoisotopic (exact) mass is 494 g/mol. The first-order valence-electron chi connectivity index (χ1n) is 10.8. The highest BCUT2D eigenvalue weighted by atomic mass is 19.4. The van der Waals surface area contributed by atoms with Crippen molar-refractivity contribution in [3.05, 3.63) is 76.9 Å². The summed E-state index contributed by atoms with van der Waals surface area (Å²) in [4.78, 5) is 0. The zero-order chi connectivity index (χ0) is 25.1. The van der Waals surface area contributed by atoms with E-state index >= 15 is 0 Å². The Bertz CT molecular complexity index is 1290. The quantitative estimate of drug-likeness (QED) is 0.300. The fourth-order valence-corrected chi connectivity index (χ4v) is 5.23. The minimum absolute atomic E-state index is 0.148. The number of alkyl halides is 6. The molecule has 10 heteroatoms. The number of nitrogens with two attached hydrogens (primary N) is 2. The summed E-state index contributed by atoms with van der Waals surface area (Å²) in [6, 6.07) is 12.4. The lowest BCUT2D eigenvalue weighted by Gasteiger charge is -2.22. The van der Waals surface area contributed by atoms with Crippen LogP contribution in [0.15, 0.2) is 54.6 Å². The highest BCUT2D eigenvalue weighted by Gasteiger charge is 2.49. The van der Waals surface area contributed by atoms with E-state index in [-0.39, 0.29) is 23.3 Å². The van der Waals surface area contributed by atoms with Gasteiger partial charge in [-0.15, -0.1) is 0 Å². The third-order valence-corrected chi connectivity index (χ3v) is 6.61. The van der Waals surface area contributed by atoms with E-state index in [2.05, 4.69) is 0 Å². The van der Waals surface area contributed by atoms with Gasteiger partial charge in [-0.1, -0.05) is 18.2 Å². The van der Waals surface area contributed by atoms with Gasteiger partial charge in [0.25, 0.3) is 0 Å². The molecule has 3 atom stereocenters. The molecule has 3 aromatic rings. The minimum Gasteiger partial charge on any atom is -0.488 e. The maximum atomic E-state index is 13.6. The second kappa shape index (κ2) is 8.00. The number of benzene rings is 3. The van der Waals surface area contributed by atoms with Gasteiger partial charge in [0.1, 0.15) is 34.5 Å². The van der Waals surface area contributed by atoms with Crippen LogP contribution in [-0.4, -0.2) is 6.10 Å². The van der Waals surface area contributed by atoms with Crippen LogP contribution in [0, 0.1) is 0 Å². The Balaban J connectivity index is 1.45. The lowest BCUT2D eigenvalue weighted by atomic mass is 9.92. The summed E-state index contributed by atoms with van der Waals surface area (Å²) in [6.45, 7) is 0. The van der Waals surface area contributed by atoms with Crippen LogP contribution in [0.4, 0.5) is 37.7 Å². The predicted octanol–water partition coefficient (Wildman–Crippen LogP) is 7.10. The fourth-order valence-electron chi connectivity index (χ4n) is 5.23. The summed E-state index contributed by atoms with van der Waals surface area (Å²) in [7, 11) is 0. The Morgan fingerprint density at radius 3 is 1.83 bits per heavy atom. The molecule has 5 rings (SSSR count). The maximum Gasteiger partial charge on any atom is 0.421 e. The van der Waals surface area contributed by atoms with Gasteiger partial charge in [-0.2, -0.15) is 26.3 Å². The van der Waals surface area contributed by atoms with Crippen LogP contribution in [0.5, 0.6) is 17.2 Å². The van der Waals surface area contributed by atoms with Gasteiger partial charge in [0.15, 0.2) is 0 Å². The zero-order valence-corrected chi connectivity index (χ0v) is 18.1. The topological polar surface area (TPSA) is 70.5 Å². The Labute approximate surface area is 196 Å². The summed E-state index contributed by atoms with van der Waals surface area (Å²) < 4.78 is 92.8. The normalized spacial score (nSPS) is 21.1. The molecular weight excluding hydrogens is 474 g/mol. The lowest BCUT2D eigenvalue weighted by molar-refractivity contribution is -0.139. The molecule has 2 bridgehead atoms. The van der Waals surface area contributed by atoms with Crippen LogP contribution in [0.1, 0.15) is 46.9 Å². The molecule has 4 N–H and O–H groups in total. The molecule has 2 aliphatic carbocycles. The number of halogens is 6. The third kappa shape index (κ3) is 4.00. The van der Waals surface area contributed by atoms with E-state index in [1.807, 2.05) is 0 Å². The van der Waals surface area contributed by atoms with E-state index in [9.17, 15) is 26.3 Å². The summed E-state index contributed by atoms with van der Waals surface area (Å²) in [5.74, 6) is -0.971. The molecule has 2 aliphatic rings. The summed E-state index contributed by atoms with van der Waals surface area (Å²) in [5, 5.41) is 0. The van der Waals surface area contributed by atoms with Crippen molar-refractivity contribution in [2.75, 3.05) is 11.5 Å². The van der Waals surface area contributed by atoms with Crippen LogP contribution < -0.4 is 20.9 Å². The molecule has 3 unspecified atom stereocenters. The van der Waals surface area contributed by atoms with Crippen molar-refractivity contribution in [2.45, 2.75) is 43.1 Å². The maximum absolute atomic E-state index is 13.6. The highest BCUT2D eigenvalue weighted by Crippen LogP contribution is 2.56. The minimum atomic E-state index is -4.71. The van der Waals surface area contributed by atoms with Gasteiger partial charge in [0.2, 0.25) is 0 Å². The molecule has 35 heavy (non-hydrogen) atoms. The molecule has 3 aromatic carbocycles. The Hall–Kier alpha value is -3.56. The second-order valence-corrected chi connectivity index (χ2v) is 8.70. The molecule has 0 spiro atoms. The first-order valence-corrected chi connectivity index (χ1v) is 10.8. The molecule has 1 saturated carbocycles. The standard InChI is InChI=1S/C25H20F6N2O2/c26-24(27,28)21-17(32)3-1-5-19(21)34-12-7-8-13-14-9-10-15(16(13)11-12)23(14)35-20-6-2-4-18(33)22(20)25(29,30)31/h1-8,11,14-15,23H,9-10,32-33H2. The number of fused-ring (bicyclic) bond motifs is 5. The van der Waals surface area contributed by atoms with Crippen LogP contribution >= 0.6 is 0 Å². The first-order chi connectivity index (χ1) is 16.4. The van der Waals surface area contributed by atoms with E-state index in [1.165, 1.54) is 30.3 Å². The number of hydrogen-bond donors (Lipinski definition) is 2. The van der Waals surface area contributed by atoms with Crippen LogP contribution in [0.2, 0.25) is 0 Å². The average molecular weight is 494 g/mol. The van der Waals surface area contributed by atoms with Crippen molar-refractivity contribution >= 4 is 11.4 Å². The van der Waals surface area contributed by atoms with Crippen molar-refractivity contribution in [1.82, 2.24) is 0 Å². The molecule has 1 fully saturated rings. The SMILES string of the molecule is Nc1cccc(Oc2ccc3c(c2)C2CCC3C2Oc2cccc(N)c2C(F)(F)F)c1C(F)(F)F. The van der Waals surface area contributed by atoms with Crippen molar-refractivity contribution in [1.29, 1.82) is 0 Å². The Morgan fingerprint density at radius 2 is 1.23 bits per heavy atom. The molecule has 184 valence electrons. The number of nitrogen functional groups attached to an aromatic ring is 2. The Kier molecular flexibility index (Phi) is 5.30. The third-order valence-electron chi connectivity index (χ3n) is 6.61. The largest absolute Gasteiger partial charge is 0.488 e. The number of rotatable bonds is 4. The molecule has 0 heterocycles. The number of anilines is 2. The molecule has 0 radical (unpaired) electrons. The fraction of sp³-hybridized carbons (Fsp3) is 0.280. The van der Waals surface area contributed by atoms with Gasteiger partial charge in [0, 0.05) is 23.2 Å². The van der Waals surface area contributed by atoms with Gasteiger partial charge in [-0.25, -0.2) is 0 Å². The lowest BCUT2D eigenvalue weighted by Crippen LogP contribution is -2.22. The second-order valence-electron chi connectivity index (χ2n) is 8.70. The van der Waals surface area contributed by atoms with Crippen LogP contribution in [-0.2, 0) is 12.4 Å². The smallest absolute Gasteiger partial charge is 0.421 e. The van der Waals surface area contributed by atoms with Gasteiger partial charge >= 0.3 is 12.4 Å². The van der Waals surface area contributed by atoms with E-state index in [0.717, 1.165) is 23.6 Å². The molecule has 0 amide bonds. The summed E-state index contributed by atoms with van der Waals surface area (Å²) >= 11 is 0. The van der Waals surface area contributed by atoms with Crippen molar-refractivity contribution in [3.8, 4) is 17.2 Å². The average Bonchev–Trinajstić information content (AvgIpc) is 3.27. The molecular formula is C25H20F6N2O2. The summed E-state index contributed by atoms with van der Waals surface area (Å²) in [6.07, 6.45) is -8.55. The van der Waals surface area contributed by atoms with E-state index in [0.29, 0.717) is 6.42 Å².